The molecular weight excluding hydrogens is 282 g/mol. The van der Waals surface area contributed by atoms with Crippen LogP contribution in [-0.2, 0) is 25.9 Å². The van der Waals surface area contributed by atoms with Gasteiger partial charge in [0, 0.05) is 31.9 Å². The third-order valence-electron chi connectivity index (χ3n) is 4.09. The topological polar surface area (TPSA) is 43.8 Å². The molecule has 3 nitrogen and oxygen atoms in total. The predicted molar refractivity (Wildman–Crippen MR) is 94.1 cm³/mol. The highest BCUT2D eigenvalue weighted by molar-refractivity contribution is 5.24. The first-order valence-corrected chi connectivity index (χ1v) is 8.17. The molecule has 2 N–H and O–H groups in total. The summed E-state index contributed by atoms with van der Waals surface area (Å²) in [5.74, 6) is 1.15. The summed E-state index contributed by atoms with van der Waals surface area (Å²) in [6.07, 6.45) is 7.16. The molecule has 0 atom stereocenters. The van der Waals surface area contributed by atoms with Crippen LogP contribution >= 0.6 is 0 Å². The molecule has 0 aliphatic rings. The second kappa shape index (κ2) is 7.75. The Balaban J connectivity index is 1.60. The minimum Gasteiger partial charge on any atom is -0.331 e. The number of aryl methyl sites for hydroxylation is 2. The van der Waals surface area contributed by atoms with Gasteiger partial charge in [-0.05, 0) is 29.5 Å². The van der Waals surface area contributed by atoms with Gasteiger partial charge in [0.05, 0.1) is 0 Å². The molecule has 3 heteroatoms. The van der Waals surface area contributed by atoms with Crippen LogP contribution in [0.1, 0.15) is 28.9 Å². The maximum absolute atomic E-state index is 5.72. The molecule has 0 fully saturated rings. The van der Waals surface area contributed by atoms with E-state index in [4.69, 9.17) is 5.73 Å². The quantitative estimate of drug-likeness (QED) is 0.725. The zero-order chi connectivity index (χ0) is 15.9. The molecular formula is C20H23N3. The van der Waals surface area contributed by atoms with Crippen LogP contribution in [0.25, 0.3) is 0 Å². The molecule has 23 heavy (non-hydrogen) atoms. The van der Waals surface area contributed by atoms with Crippen molar-refractivity contribution in [3.63, 3.8) is 0 Å². The summed E-state index contributed by atoms with van der Waals surface area (Å²) in [6, 6.07) is 19.1. The molecule has 3 aromatic rings. The van der Waals surface area contributed by atoms with E-state index >= 15 is 0 Å². The van der Waals surface area contributed by atoms with Gasteiger partial charge in [0.1, 0.15) is 5.82 Å². The molecule has 0 bridgehead atoms. The second-order valence-corrected chi connectivity index (χ2v) is 5.83. The molecule has 0 saturated heterocycles. The number of rotatable bonds is 7. The molecule has 1 aromatic heterocycles. The Bertz CT molecular complexity index is 731. The fourth-order valence-electron chi connectivity index (χ4n) is 2.86. The Labute approximate surface area is 137 Å². The van der Waals surface area contributed by atoms with Gasteiger partial charge in [-0.2, -0.15) is 0 Å². The highest BCUT2D eigenvalue weighted by atomic mass is 15.1. The fraction of sp³-hybridized carbons (Fsp3) is 0.250. The van der Waals surface area contributed by atoms with Gasteiger partial charge in [-0.3, -0.25) is 0 Å². The standard InChI is InChI=1S/C20H23N3/c21-15-18-9-4-10-19(14-18)16-23-13-12-22-20(23)11-5-8-17-6-2-1-3-7-17/h1-4,6-7,9-10,12-14H,5,8,11,15-16,21H2. The predicted octanol–water partition coefficient (Wildman–Crippen LogP) is 3.57. The summed E-state index contributed by atoms with van der Waals surface area (Å²) in [7, 11) is 0. The third kappa shape index (κ3) is 4.30. The van der Waals surface area contributed by atoms with Gasteiger partial charge in [-0.25, -0.2) is 4.98 Å². The SMILES string of the molecule is NCc1cccc(Cn2ccnc2CCCc2ccccc2)c1. The molecule has 1 heterocycles. The Hall–Kier alpha value is -2.39. The van der Waals surface area contributed by atoms with Gasteiger partial charge in [0.15, 0.2) is 0 Å². The number of hydrogen-bond donors (Lipinski definition) is 1. The van der Waals surface area contributed by atoms with Crippen molar-refractivity contribution in [3.05, 3.63) is 89.5 Å². The smallest absolute Gasteiger partial charge is 0.108 e. The van der Waals surface area contributed by atoms with E-state index < -0.39 is 0 Å². The Morgan fingerprint density at radius 2 is 1.65 bits per heavy atom. The fourth-order valence-corrected chi connectivity index (χ4v) is 2.86. The molecule has 0 aliphatic carbocycles. The molecule has 118 valence electrons. The summed E-state index contributed by atoms with van der Waals surface area (Å²) in [6.45, 7) is 1.44. The summed E-state index contributed by atoms with van der Waals surface area (Å²) in [5, 5.41) is 0. The van der Waals surface area contributed by atoms with Crippen LogP contribution < -0.4 is 5.73 Å². The number of aromatic nitrogens is 2. The highest BCUT2D eigenvalue weighted by Gasteiger charge is 2.04. The van der Waals surface area contributed by atoms with E-state index in [1.54, 1.807) is 0 Å². The van der Waals surface area contributed by atoms with Gasteiger partial charge < -0.3 is 10.3 Å². The molecule has 0 amide bonds. The number of nitrogens with two attached hydrogens (primary N) is 1. The lowest BCUT2D eigenvalue weighted by Crippen LogP contribution is -2.06. The maximum atomic E-state index is 5.72. The van der Waals surface area contributed by atoms with Crippen molar-refractivity contribution in [3.8, 4) is 0 Å². The summed E-state index contributed by atoms with van der Waals surface area (Å²) in [4.78, 5) is 4.52. The van der Waals surface area contributed by atoms with Crippen LogP contribution in [0.5, 0.6) is 0 Å². The molecule has 0 radical (unpaired) electrons. The van der Waals surface area contributed by atoms with E-state index in [1.165, 1.54) is 16.7 Å². The second-order valence-electron chi connectivity index (χ2n) is 5.83. The largest absolute Gasteiger partial charge is 0.331 e. The van der Waals surface area contributed by atoms with Gasteiger partial charge in [0.2, 0.25) is 0 Å². The lowest BCUT2D eigenvalue weighted by Gasteiger charge is -2.09. The molecule has 0 aliphatic heterocycles. The average Bonchev–Trinajstić information content (AvgIpc) is 3.03. The van der Waals surface area contributed by atoms with Crippen LogP contribution in [0.2, 0.25) is 0 Å². The Morgan fingerprint density at radius 3 is 2.48 bits per heavy atom. The average molecular weight is 305 g/mol. The van der Waals surface area contributed by atoms with E-state index in [2.05, 4.69) is 70.3 Å². The Morgan fingerprint density at radius 1 is 0.870 bits per heavy atom. The van der Waals surface area contributed by atoms with E-state index in [9.17, 15) is 0 Å². The summed E-state index contributed by atoms with van der Waals surface area (Å²) >= 11 is 0. The van der Waals surface area contributed by atoms with Gasteiger partial charge >= 0.3 is 0 Å². The molecule has 2 aromatic carbocycles. The van der Waals surface area contributed by atoms with Crippen LogP contribution in [-0.4, -0.2) is 9.55 Å². The van der Waals surface area contributed by atoms with Crippen molar-refractivity contribution < 1.29 is 0 Å². The third-order valence-corrected chi connectivity index (χ3v) is 4.09. The number of imidazole rings is 1. The lowest BCUT2D eigenvalue weighted by atomic mass is 10.1. The van der Waals surface area contributed by atoms with Crippen molar-refractivity contribution in [1.29, 1.82) is 0 Å². The van der Waals surface area contributed by atoms with Crippen LogP contribution in [0.4, 0.5) is 0 Å². The van der Waals surface area contributed by atoms with Crippen LogP contribution in [0, 0.1) is 0 Å². The van der Waals surface area contributed by atoms with E-state index in [-0.39, 0.29) is 0 Å². The summed E-state index contributed by atoms with van der Waals surface area (Å²) in [5.41, 5.74) is 9.56. The van der Waals surface area contributed by atoms with Crippen molar-refractivity contribution in [1.82, 2.24) is 9.55 Å². The first kappa shape index (κ1) is 15.5. The van der Waals surface area contributed by atoms with Gasteiger partial charge in [0.25, 0.3) is 0 Å². The maximum Gasteiger partial charge on any atom is 0.108 e. The van der Waals surface area contributed by atoms with Crippen molar-refractivity contribution in [2.75, 3.05) is 0 Å². The van der Waals surface area contributed by atoms with Crippen molar-refractivity contribution in [2.24, 2.45) is 5.73 Å². The van der Waals surface area contributed by atoms with E-state index in [1.807, 2.05) is 6.20 Å². The summed E-state index contributed by atoms with van der Waals surface area (Å²) < 4.78 is 2.24. The minimum atomic E-state index is 0.585. The van der Waals surface area contributed by atoms with Crippen molar-refractivity contribution in [2.45, 2.75) is 32.4 Å². The first-order chi connectivity index (χ1) is 11.3. The molecule has 0 spiro atoms. The number of benzene rings is 2. The highest BCUT2D eigenvalue weighted by Crippen LogP contribution is 2.11. The normalized spacial score (nSPS) is 10.8. The van der Waals surface area contributed by atoms with Crippen LogP contribution in [0.3, 0.4) is 0 Å². The monoisotopic (exact) mass is 305 g/mol. The number of nitrogens with zero attached hydrogens (tertiary/aromatic N) is 2. The lowest BCUT2D eigenvalue weighted by molar-refractivity contribution is 0.685. The van der Waals surface area contributed by atoms with Gasteiger partial charge in [-0.15, -0.1) is 0 Å². The van der Waals surface area contributed by atoms with E-state index in [0.717, 1.165) is 31.6 Å². The zero-order valence-electron chi connectivity index (χ0n) is 13.4. The number of hydrogen-bond acceptors (Lipinski definition) is 2. The molecule has 0 saturated carbocycles. The van der Waals surface area contributed by atoms with Gasteiger partial charge in [-0.1, -0.05) is 54.6 Å². The zero-order valence-corrected chi connectivity index (χ0v) is 13.4. The van der Waals surface area contributed by atoms with Crippen LogP contribution in [0.15, 0.2) is 67.0 Å². The minimum absolute atomic E-state index is 0.585. The van der Waals surface area contributed by atoms with Crippen molar-refractivity contribution >= 4 is 0 Å². The Kier molecular flexibility index (Phi) is 5.22. The first-order valence-electron chi connectivity index (χ1n) is 8.17. The molecule has 3 rings (SSSR count). The molecule has 0 unspecified atom stereocenters. The van der Waals surface area contributed by atoms with E-state index in [0.29, 0.717) is 6.54 Å².